The van der Waals surface area contributed by atoms with Crippen molar-refractivity contribution in [3.05, 3.63) is 59.8 Å². The van der Waals surface area contributed by atoms with Crippen LogP contribution in [-0.2, 0) is 17.9 Å². The van der Waals surface area contributed by atoms with Gasteiger partial charge in [0.2, 0.25) is 5.88 Å². The number of likely N-dealkylation sites (N-methyl/N-ethyl adjacent to an activating group) is 1. The van der Waals surface area contributed by atoms with Crippen molar-refractivity contribution in [2.75, 3.05) is 47.4 Å². The van der Waals surface area contributed by atoms with Gasteiger partial charge in [-0.1, -0.05) is 36.4 Å². The average molecular weight is 400 g/mol. The van der Waals surface area contributed by atoms with Gasteiger partial charge in [0.05, 0.1) is 0 Å². The molecule has 29 heavy (non-hydrogen) atoms. The minimum atomic E-state index is 0.493. The summed E-state index contributed by atoms with van der Waals surface area (Å²) in [6, 6.07) is 14.0. The number of methoxy groups -OCH3 is 1. The molecule has 0 spiro atoms. The Morgan fingerprint density at radius 1 is 1.10 bits per heavy atom. The maximum atomic E-state index is 5.92. The SMILES string of the molecule is CN=C(NCCN(C)CCCOC)NCc1cccnc1OCc1ccccc1. The van der Waals surface area contributed by atoms with Gasteiger partial charge in [-0.15, -0.1) is 0 Å². The van der Waals surface area contributed by atoms with Gasteiger partial charge in [-0.3, -0.25) is 4.99 Å². The number of aliphatic imine (C=N–C) groups is 1. The second-order valence-corrected chi connectivity index (χ2v) is 6.74. The molecule has 0 aliphatic rings. The van der Waals surface area contributed by atoms with Crippen LogP contribution in [0.1, 0.15) is 17.5 Å². The molecule has 0 amide bonds. The van der Waals surface area contributed by atoms with Crippen LogP contribution in [0.15, 0.2) is 53.7 Å². The molecular formula is C22H33N5O2. The van der Waals surface area contributed by atoms with E-state index in [9.17, 15) is 0 Å². The lowest BCUT2D eigenvalue weighted by atomic mass is 10.2. The molecule has 2 N–H and O–H groups in total. The molecule has 0 bridgehead atoms. The van der Waals surface area contributed by atoms with Crippen molar-refractivity contribution in [3.8, 4) is 5.88 Å². The van der Waals surface area contributed by atoms with E-state index in [0.29, 0.717) is 19.0 Å². The Hall–Kier alpha value is -2.64. The number of guanidine groups is 1. The maximum absolute atomic E-state index is 5.92. The van der Waals surface area contributed by atoms with Crippen molar-refractivity contribution in [3.63, 3.8) is 0 Å². The summed E-state index contributed by atoms with van der Waals surface area (Å²) in [5.41, 5.74) is 2.10. The molecule has 0 fully saturated rings. The zero-order valence-electron chi connectivity index (χ0n) is 17.7. The Bertz CT molecular complexity index is 724. The molecule has 158 valence electrons. The number of hydrogen-bond acceptors (Lipinski definition) is 5. The molecule has 1 aromatic heterocycles. The molecule has 7 nitrogen and oxygen atoms in total. The molecule has 0 radical (unpaired) electrons. The number of nitrogens with one attached hydrogen (secondary N) is 2. The molecule has 0 saturated heterocycles. The van der Waals surface area contributed by atoms with Crippen molar-refractivity contribution in [2.45, 2.75) is 19.6 Å². The van der Waals surface area contributed by atoms with Crippen LogP contribution < -0.4 is 15.4 Å². The van der Waals surface area contributed by atoms with Crippen molar-refractivity contribution >= 4 is 5.96 Å². The highest BCUT2D eigenvalue weighted by atomic mass is 16.5. The molecule has 0 aliphatic heterocycles. The average Bonchev–Trinajstić information content (AvgIpc) is 2.76. The van der Waals surface area contributed by atoms with Crippen LogP contribution in [-0.4, -0.2) is 63.3 Å². The van der Waals surface area contributed by atoms with Gasteiger partial charge in [0.1, 0.15) is 6.61 Å². The number of pyridine rings is 1. The Labute approximate surface area is 174 Å². The fraction of sp³-hybridized carbons (Fsp3) is 0.455. The van der Waals surface area contributed by atoms with Crippen LogP contribution in [0.25, 0.3) is 0 Å². The van der Waals surface area contributed by atoms with Crippen LogP contribution in [0.4, 0.5) is 0 Å². The van der Waals surface area contributed by atoms with Crippen LogP contribution >= 0.6 is 0 Å². The first-order valence-electron chi connectivity index (χ1n) is 9.95. The van der Waals surface area contributed by atoms with Crippen LogP contribution in [0, 0.1) is 0 Å². The summed E-state index contributed by atoms with van der Waals surface area (Å²) in [7, 11) is 5.62. The number of rotatable bonds is 12. The summed E-state index contributed by atoms with van der Waals surface area (Å²) in [6.07, 6.45) is 2.78. The summed E-state index contributed by atoms with van der Waals surface area (Å²) in [5.74, 6) is 1.39. The van der Waals surface area contributed by atoms with E-state index in [1.807, 2.05) is 42.5 Å². The summed E-state index contributed by atoms with van der Waals surface area (Å²) in [6.45, 7) is 4.63. The number of hydrogen-bond donors (Lipinski definition) is 2. The highest BCUT2D eigenvalue weighted by molar-refractivity contribution is 5.79. The lowest BCUT2D eigenvalue weighted by Crippen LogP contribution is -2.40. The largest absolute Gasteiger partial charge is 0.473 e. The van der Waals surface area contributed by atoms with E-state index in [4.69, 9.17) is 9.47 Å². The van der Waals surface area contributed by atoms with Gasteiger partial charge in [-0.2, -0.15) is 0 Å². The molecule has 0 atom stereocenters. The first-order valence-corrected chi connectivity index (χ1v) is 9.95. The second kappa shape index (κ2) is 13.5. The lowest BCUT2D eigenvalue weighted by molar-refractivity contribution is 0.180. The molecule has 1 aromatic carbocycles. The topological polar surface area (TPSA) is 71.0 Å². The standard InChI is InChI=1S/C22H33N5O2/c1-23-22(25-13-15-27(2)14-8-16-28-3)26-17-20-11-7-12-24-21(20)29-18-19-9-5-4-6-10-19/h4-7,9-12H,8,13-18H2,1-3H3,(H2,23,25,26). The quantitative estimate of drug-likeness (QED) is 0.324. The van der Waals surface area contributed by atoms with E-state index in [-0.39, 0.29) is 0 Å². The normalized spacial score (nSPS) is 11.5. The molecule has 7 heteroatoms. The summed E-state index contributed by atoms with van der Waals surface area (Å²) in [5, 5.41) is 6.67. The first-order chi connectivity index (χ1) is 14.2. The smallest absolute Gasteiger partial charge is 0.218 e. The van der Waals surface area contributed by atoms with Gasteiger partial charge in [0.15, 0.2) is 5.96 Å². The van der Waals surface area contributed by atoms with Crippen molar-refractivity contribution in [1.29, 1.82) is 0 Å². The van der Waals surface area contributed by atoms with E-state index in [1.54, 1.807) is 20.4 Å². The van der Waals surface area contributed by atoms with Crippen molar-refractivity contribution in [2.24, 2.45) is 4.99 Å². The number of ether oxygens (including phenoxy) is 2. The zero-order chi connectivity index (χ0) is 20.7. The van der Waals surface area contributed by atoms with E-state index in [2.05, 4.69) is 32.6 Å². The van der Waals surface area contributed by atoms with Crippen molar-refractivity contribution in [1.82, 2.24) is 20.5 Å². The molecule has 0 unspecified atom stereocenters. The Balaban J connectivity index is 1.77. The Kier molecular flexibility index (Phi) is 10.6. The predicted octanol–water partition coefficient (Wildman–Crippen LogP) is 2.29. The molecule has 2 aromatic rings. The maximum Gasteiger partial charge on any atom is 0.218 e. The molecular weight excluding hydrogens is 366 g/mol. The minimum absolute atomic E-state index is 0.493. The minimum Gasteiger partial charge on any atom is -0.473 e. The monoisotopic (exact) mass is 399 g/mol. The zero-order valence-corrected chi connectivity index (χ0v) is 17.7. The van der Waals surface area contributed by atoms with Gasteiger partial charge < -0.3 is 25.0 Å². The van der Waals surface area contributed by atoms with Crippen molar-refractivity contribution < 1.29 is 9.47 Å². The summed E-state index contributed by atoms with van der Waals surface area (Å²) < 4.78 is 11.0. The lowest BCUT2D eigenvalue weighted by Gasteiger charge is -2.18. The fourth-order valence-corrected chi connectivity index (χ4v) is 2.77. The van der Waals surface area contributed by atoms with Gasteiger partial charge in [0.25, 0.3) is 0 Å². The van der Waals surface area contributed by atoms with Crippen LogP contribution in [0.2, 0.25) is 0 Å². The van der Waals surface area contributed by atoms with E-state index >= 15 is 0 Å². The first kappa shape index (κ1) is 22.6. The molecule has 0 saturated carbocycles. The second-order valence-electron chi connectivity index (χ2n) is 6.74. The third-order valence-electron chi connectivity index (χ3n) is 4.41. The fourth-order valence-electron chi connectivity index (χ4n) is 2.77. The van der Waals surface area contributed by atoms with Gasteiger partial charge in [-0.05, 0) is 25.1 Å². The molecule has 1 heterocycles. The third-order valence-corrected chi connectivity index (χ3v) is 4.41. The predicted molar refractivity (Wildman–Crippen MR) is 117 cm³/mol. The summed E-state index contributed by atoms with van der Waals surface area (Å²) >= 11 is 0. The van der Waals surface area contributed by atoms with E-state index in [0.717, 1.165) is 49.7 Å². The van der Waals surface area contributed by atoms with Crippen LogP contribution in [0.5, 0.6) is 5.88 Å². The van der Waals surface area contributed by atoms with E-state index < -0.39 is 0 Å². The molecule has 2 rings (SSSR count). The van der Waals surface area contributed by atoms with E-state index in [1.165, 1.54) is 0 Å². The highest BCUT2D eigenvalue weighted by Gasteiger charge is 2.07. The summed E-state index contributed by atoms with van der Waals surface area (Å²) in [4.78, 5) is 10.9. The third kappa shape index (κ3) is 8.93. The number of nitrogens with zero attached hydrogens (tertiary/aromatic N) is 3. The molecule has 0 aliphatic carbocycles. The Morgan fingerprint density at radius 2 is 1.93 bits per heavy atom. The van der Waals surface area contributed by atoms with Gasteiger partial charge in [-0.25, -0.2) is 4.98 Å². The number of aromatic nitrogens is 1. The van der Waals surface area contributed by atoms with Crippen LogP contribution in [0.3, 0.4) is 0 Å². The highest BCUT2D eigenvalue weighted by Crippen LogP contribution is 2.15. The van der Waals surface area contributed by atoms with Gasteiger partial charge in [0, 0.05) is 58.7 Å². The number of benzene rings is 1. The Morgan fingerprint density at radius 3 is 2.69 bits per heavy atom. The van der Waals surface area contributed by atoms with Gasteiger partial charge >= 0.3 is 0 Å².